The van der Waals surface area contributed by atoms with Gasteiger partial charge in [0.2, 0.25) is 5.91 Å². The van der Waals surface area contributed by atoms with E-state index in [4.69, 9.17) is 4.99 Å². The molecule has 1 saturated heterocycles. The Labute approximate surface area is 154 Å². The molecule has 0 aromatic heterocycles. The Balaban J connectivity index is 1.69. The van der Waals surface area contributed by atoms with Crippen molar-refractivity contribution >= 4 is 11.9 Å². The van der Waals surface area contributed by atoms with Gasteiger partial charge in [0.05, 0.1) is 0 Å². The zero-order valence-electron chi connectivity index (χ0n) is 16.4. The SMILES string of the molecule is CCNC(=NCCCCC1CCCC1)N1CCC(CC(=O)NC)CC1. The number of nitrogens with one attached hydrogen (secondary N) is 2. The molecule has 144 valence electrons. The number of carbonyl (C=O) groups excluding carboxylic acids is 1. The number of likely N-dealkylation sites (tertiary alicyclic amines) is 1. The molecule has 25 heavy (non-hydrogen) atoms. The highest BCUT2D eigenvalue weighted by Gasteiger charge is 2.23. The number of nitrogens with zero attached hydrogens (tertiary/aromatic N) is 2. The average Bonchev–Trinajstić information content (AvgIpc) is 3.14. The Bertz CT molecular complexity index is 410. The Morgan fingerprint density at radius 1 is 1.08 bits per heavy atom. The molecule has 2 aliphatic rings. The van der Waals surface area contributed by atoms with Crippen LogP contribution in [-0.4, -0.2) is 50.0 Å². The third-order valence-corrected chi connectivity index (χ3v) is 5.76. The van der Waals surface area contributed by atoms with Crippen LogP contribution in [0.15, 0.2) is 4.99 Å². The Morgan fingerprint density at radius 2 is 1.80 bits per heavy atom. The van der Waals surface area contributed by atoms with Crippen molar-refractivity contribution in [2.24, 2.45) is 16.8 Å². The maximum Gasteiger partial charge on any atom is 0.220 e. The normalized spacial score (nSPS) is 20.1. The first-order valence-electron chi connectivity index (χ1n) is 10.5. The molecule has 1 aliphatic heterocycles. The van der Waals surface area contributed by atoms with Crippen molar-refractivity contribution in [3.05, 3.63) is 0 Å². The van der Waals surface area contributed by atoms with Crippen molar-refractivity contribution in [2.45, 2.75) is 71.1 Å². The monoisotopic (exact) mass is 350 g/mol. The van der Waals surface area contributed by atoms with Gasteiger partial charge in [0.15, 0.2) is 5.96 Å². The lowest BCUT2D eigenvalue weighted by Crippen LogP contribution is -2.46. The van der Waals surface area contributed by atoms with E-state index in [1.54, 1.807) is 7.05 Å². The summed E-state index contributed by atoms with van der Waals surface area (Å²) in [7, 11) is 1.72. The van der Waals surface area contributed by atoms with E-state index < -0.39 is 0 Å². The number of amides is 1. The highest BCUT2D eigenvalue weighted by Crippen LogP contribution is 2.28. The lowest BCUT2D eigenvalue weighted by molar-refractivity contribution is -0.121. The summed E-state index contributed by atoms with van der Waals surface area (Å²) in [5.74, 6) is 2.75. The number of piperidine rings is 1. The van der Waals surface area contributed by atoms with Crippen LogP contribution in [-0.2, 0) is 4.79 Å². The van der Waals surface area contributed by atoms with Gasteiger partial charge in [-0.15, -0.1) is 0 Å². The molecule has 0 atom stereocenters. The maximum atomic E-state index is 11.5. The fraction of sp³-hybridized carbons (Fsp3) is 0.900. The molecule has 1 heterocycles. The van der Waals surface area contributed by atoms with Gasteiger partial charge in [0, 0.05) is 39.6 Å². The number of guanidine groups is 1. The van der Waals surface area contributed by atoms with E-state index in [0.717, 1.165) is 50.9 Å². The highest BCUT2D eigenvalue weighted by atomic mass is 16.1. The molecule has 2 N–H and O–H groups in total. The third-order valence-electron chi connectivity index (χ3n) is 5.76. The molecule has 0 aromatic rings. The predicted molar refractivity (Wildman–Crippen MR) is 105 cm³/mol. The highest BCUT2D eigenvalue weighted by molar-refractivity contribution is 5.80. The number of aliphatic imine (C=N–C) groups is 1. The molecule has 1 amide bonds. The van der Waals surface area contributed by atoms with Gasteiger partial charge in [0.25, 0.3) is 0 Å². The molecule has 0 unspecified atom stereocenters. The van der Waals surface area contributed by atoms with Crippen molar-refractivity contribution in [3.8, 4) is 0 Å². The minimum absolute atomic E-state index is 0.168. The van der Waals surface area contributed by atoms with Crippen LogP contribution in [0, 0.1) is 11.8 Å². The summed E-state index contributed by atoms with van der Waals surface area (Å²) in [5.41, 5.74) is 0. The van der Waals surface area contributed by atoms with E-state index in [0.29, 0.717) is 12.3 Å². The van der Waals surface area contributed by atoms with Crippen molar-refractivity contribution in [1.29, 1.82) is 0 Å². The van der Waals surface area contributed by atoms with Gasteiger partial charge in [0.1, 0.15) is 0 Å². The standard InChI is InChI=1S/C20H38N4O/c1-3-22-20(23-13-7-6-10-17-8-4-5-9-17)24-14-11-18(12-15-24)16-19(25)21-2/h17-18H,3-16H2,1-2H3,(H,21,25)(H,22,23). The summed E-state index contributed by atoms with van der Waals surface area (Å²) < 4.78 is 0. The quantitative estimate of drug-likeness (QED) is 0.402. The molecule has 1 aliphatic carbocycles. The minimum Gasteiger partial charge on any atom is -0.359 e. The van der Waals surface area contributed by atoms with Gasteiger partial charge >= 0.3 is 0 Å². The van der Waals surface area contributed by atoms with Gasteiger partial charge in [-0.2, -0.15) is 0 Å². The predicted octanol–water partition coefficient (Wildman–Crippen LogP) is 3.16. The smallest absolute Gasteiger partial charge is 0.220 e. The number of hydrogen-bond acceptors (Lipinski definition) is 2. The van der Waals surface area contributed by atoms with E-state index in [1.807, 2.05) is 0 Å². The van der Waals surface area contributed by atoms with E-state index in [2.05, 4.69) is 22.5 Å². The summed E-state index contributed by atoms with van der Waals surface area (Å²) in [6.07, 6.45) is 12.6. The lowest BCUT2D eigenvalue weighted by atomic mass is 9.93. The molecule has 2 rings (SSSR count). The van der Waals surface area contributed by atoms with Crippen molar-refractivity contribution < 1.29 is 4.79 Å². The topological polar surface area (TPSA) is 56.7 Å². The molecule has 1 saturated carbocycles. The first kappa shape index (κ1) is 20.1. The minimum atomic E-state index is 0.168. The Kier molecular flexibility index (Phi) is 9.12. The van der Waals surface area contributed by atoms with Gasteiger partial charge in [-0.1, -0.05) is 38.5 Å². The second-order valence-electron chi connectivity index (χ2n) is 7.69. The van der Waals surface area contributed by atoms with Crippen LogP contribution in [0.5, 0.6) is 0 Å². The second kappa shape index (κ2) is 11.4. The molecule has 2 fully saturated rings. The summed E-state index contributed by atoms with van der Waals surface area (Å²) in [6.45, 7) is 6.01. The van der Waals surface area contributed by atoms with E-state index >= 15 is 0 Å². The van der Waals surface area contributed by atoms with Gasteiger partial charge in [-0.3, -0.25) is 9.79 Å². The molecule has 0 bridgehead atoms. The summed E-state index contributed by atoms with van der Waals surface area (Å²) >= 11 is 0. The first-order chi connectivity index (χ1) is 12.2. The zero-order chi connectivity index (χ0) is 17.9. The zero-order valence-corrected chi connectivity index (χ0v) is 16.4. The van der Waals surface area contributed by atoms with Gasteiger partial charge in [-0.05, 0) is 38.0 Å². The summed E-state index contributed by atoms with van der Waals surface area (Å²) in [6, 6.07) is 0. The summed E-state index contributed by atoms with van der Waals surface area (Å²) in [4.78, 5) is 18.8. The van der Waals surface area contributed by atoms with Crippen molar-refractivity contribution in [2.75, 3.05) is 33.2 Å². The van der Waals surface area contributed by atoms with Gasteiger partial charge < -0.3 is 15.5 Å². The molecular weight excluding hydrogens is 312 g/mol. The molecule has 0 aromatic carbocycles. The van der Waals surface area contributed by atoms with E-state index in [1.165, 1.54) is 44.9 Å². The average molecular weight is 351 g/mol. The first-order valence-corrected chi connectivity index (χ1v) is 10.5. The van der Waals surface area contributed by atoms with Crippen molar-refractivity contribution in [3.63, 3.8) is 0 Å². The summed E-state index contributed by atoms with van der Waals surface area (Å²) in [5, 5.41) is 6.19. The number of carbonyl (C=O) groups is 1. The number of unbranched alkanes of at least 4 members (excludes halogenated alkanes) is 1. The maximum absolute atomic E-state index is 11.5. The number of hydrogen-bond donors (Lipinski definition) is 2. The van der Waals surface area contributed by atoms with Gasteiger partial charge in [-0.25, -0.2) is 0 Å². The Hall–Kier alpha value is -1.26. The van der Waals surface area contributed by atoms with Crippen molar-refractivity contribution in [1.82, 2.24) is 15.5 Å². The van der Waals surface area contributed by atoms with Crippen LogP contribution in [0.2, 0.25) is 0 Å². The van der Waals surface area contributed by atoms with E-state index in [-0.39, 0.29) is 5.91 Å². The van der Waals surface area contributed by atoms with Crippen LogP contribution in [0.25, 0.3) is 0 Å². The fourth-order valence-corrected chi connectivity index (χ4v) is 4.17. The van der Waals surface area contributed by atoms with E-state index in [9.17, 15) is 4.79 Å². The van der Waals surface area contributed by atoms with Crippen LogP contribution < -0.4 is 10.6 Å². The fourth-order valence-electron chi connectivity index (χ4n) is 4.17. The molecule has 0 radical (unpaired) electrons. The number of rotatable bonds is 8. The van der Waals surface area contributed by atoms with Crippen LogP contribution in [0.1, 0.15) is 71.1 Å². The molecular formula is C20H38N4O. The van der Waals surface area contributed by atoms with Crippen LogP contribution >= 0.6 is 0 Å². The second-order valence-corrected chi connectivity index (χ2v) is 7.69. The Morgan fingerprint density at radius 3 is 2.44 bits per heavy atom. The largest absolute Gasteiger partial charge is 0.359 e. The lowest BCUT2D eigenvalue weighted by Gasteiger charge is -2.34. The third kappa shape index (κ3) is 7.25. The van der Waals surface area contributed by atoms with Crippen LogP contribution in [0.3, 0.4) is 0 Å². The molecule has 5 heteroatoms. The molecule has 5 nitrogen and oxygen atoms in total. The molecule has 0 spiro atoms. The van der Waals surface area contributed by atoms with Crippen LogP contribution in [0.4, 0.5) is 0 Å².